The molecule has 0 fully saturated rings. The van der Waals surface area contributed by atoms with Crippen molar-refractivity contribution in [3.8, 4) is 0 Å². The van der Waals surface area contributed by atoms with Crippen molar-refractivity contribution < 1.29 is 17.2 Å². The lowest BCUT2D eigenvalue weighted by atomic mass is 10.3. The predicted octanol–water partition coefficient (Wildman–Crippen LogP) is 2.57. The molecule has 3 nitrogen and oxygen atoms in total. The van der Waals surface area contributed by atoms with E-state index in [0.29, 0.717) is 13.0 Å². The van der Waals surface area contributed by atoms with Crippen molar-refractivity contribution in [3.05, 3.63) is 28.2 Å². The Labute approximate surface area is 107 Å². The minimum Gasteiger partial charge on any atom is -0.382 e. The van der Waals surface area contributed by atoms with Gasteiger partial charge in [0, 0.05) is 23.3 Å². The molecule has 1 rings (SSSR count). The minimum atomic E-state index is -3.01. The van der Waals surface area contributed by atoms with E-state index >= 15 is 0 Å². The second kappa shape index (κ2) is 5.77. The maximum Gasteiger partial charge on any atom is 0.150 e. The lowest BCUT2D eigenvalue weighted by Gasteiger charge is -2.09. The van der Waals surface area contributed by atoms with E-state index in [9.17, 15) is 17.2 Å². The molecule has 1 aromatic rings. The van der Waals surface area contributed by atoms with Gasteiger partial charge in [-0.3, -0.25) is 0 Å². The average Bonchev–Trinajstić information content (AvgIpc) is 2.13. The van der Waals surface area contributed by atoms with Crippen molar-refractivity contribution in [2.45, 2.75) is 6.42 Å². The number of benzene rings is 1. The Bertz CT molecular complexity index is 482. The normalized spacial score (nSPS) is 11.5. The second-order valence-corrected chi connectivity index (χ2v) is 6.77. The average molecular weight is 328 g/mol. The van der Waals surface area contributed by atoms with Gasteiger partial charge >= 0.3 is 0 Å². The van der Waals surface area contributed by atoms with E-state index in [4.69, 9.17) is 0 Å². The van der Waals surface area contributed by atoms with Crippen LogP contribution < -0.4 is 5.32 Å². The van der Waals surface area contributed by atoms with Crippen LogP contribution in [-0.2, 0) is 9.84 Å². The Hall–Kier alpha value is -0.690. The molecule has 0 heterocycles. The van der Waals surface area contributed by atoms with Crippen LogP contribution in [0.5, 0.6) is 0 Å². The highest BCUT2D eigenvalue weighted by Crippen LogP contribution is 2.26. The molecule has 0 amide bonds. The van der Waals surface area contributed by atoms with Gasteiger partial charge in [-0.25, -0.2) is 17.2 Å². The van der Waals surface area contributed by atoms with Gasteiger partial charge in [0.15, 0.2) is 0 Å². The van der Waals surface area contributed by atoms with Crippen molar-refractivity contribution in [1.82, 2.24) is 0 Å². The summed E-state index contributed by atoms with van der Waals surface area (Å²) in [6.07, 6.45) is 1.50. The maximum absolute atomic E-state index is 13.3. The van der Waals surface area contributed by atoms with Gasteiger partial charge in [-0.2, -0.15) is 0 Å². The molecule has 0 spiro atoms. The number of hydrogen-bond donors (Lipinski definition) is 1. The summed E-state index contributed by atoms with van der Waals surface area (Å²) in [6.45, 7) is 0.300. The van der Waals surface area contributed by atoms with Gasteiger partial charge in [-0.15, -0.1) is 0 Å². The highest BCUT2D eigenvalue weighted by atomic mass is 79.9. The molecule has 0 aliphatic carbocycles. The third-order valence-electron chi connectivity index (χ3n) is 2.00. The largest absolute Gasteiger partial charge is 0.382 e. The van der Waals surface area contributed by atoms with E-state index in [1.165, 1.54) is 0 Å². The zero-order valence-corrected chi connectivity index (χ0v) is 11.5. The van der Waals surface area contributed by atoms with Crippen molar-refractivity contribution in [2.24, 2.45) is 0 Å². The van der Waals surface area contributed by atoms with Crippen LogP contribution in [0.15, 0.2) is 16.6 Å². The quantitative estimate of drug-likeness (QED) is 0.845. The third-order valence-corrected chi connectivity index (χ3v) is 3.66. The topological polar surface area (TPSA) is 46.2 Å². The summed E-state index contributed by atoms with van der Waals surface area (Å²) in [6, 6.07) is 1.91. The van der Waals surface area contributed by atoms with Crippen LogP contribution in [0, 0.1) is 11.6 Å². The van der Waals surface area contributed by atoms with E-state index in [1.54, 1.807) is 0 Å². The molecule has 0 bridgehead atoms. The van der Waals surface area contributed by atoms with Crippen LogP contribution in [0.2, 0.25) is 0 Å². The Morgan fingerprint density at radius 3 is 2.53 bits per heavy atom. The van der Waals surface area contributed by atoms with Crippen molar-refractivity contribution in [3.63, 3.8) is 0 Å². The summed E-state index contributed by atoms with van der Waals surface area (Å²) in [4.78, 5) is 0. The summed E-state index contributed by atoms with van der Waals surface area (Å²) in [7, 11) is -3.01. The SMILES string of the molecule is CS(=O)(=O)CCCNc1c(F)cc(F)cc1Br. The summed E-state index contributed by atoms with van der Waals surface area (Å²) in [5, 5.41) is 2.73. The lowest BCUT2D eigenvalue weighted by Crippen LogP contribution is -2.10. The number of nitrogens with one attached hydrogen (secondary N) is 1. The van der Waals surface area contributed by atoms with E-state index in [-0.39, 0.29) is 15.9 Å². The highest BCUT2D eigenvalue weighted by molar-refractivity contribution is 9.10. The Kier molecular flexibility index (Phi) is 4.88. The summed E-state index contributed by atoms with van der Waals surface area (Å²) >= 11 is 3.03. The molecule has 17 heavy (non-hydrogen) atoms. The molecule has 0 saturated carbocycles. The van der Waals surface area contributed by atoms with E-state index in [1.807, 2.05) is 0 Å². The Morgan fingerprint density at radius 1 is 1.35 bits per heavy atom. The van der Waals surface area contributed by atoms with Gasteiger partial charge in [-0.05, 0) is 28.4 Å². The number of halogens is 3. The number of hydrogen-bond acceptors (Lipinski definition) is 3. The minimum absolute atomic E-state index is 0.0282. The molecule has 0 unspecified atom stereocenters. The van der Waals surface area contributed by atoms with Crippen LogP contribution in [0.1, 0.15) is 6.42 Å². The first-order chi connectivity index (χ1) is 7.79. The van der Waals surface area contributed by atoms with Gasteiger partial charge in [0.2, 0.25) is 0 Å². The van der Waals surface area contributed by atoms with Crippen molar-refractivity contribution in [2.75, 3.05) is 23.9 Å². The number of anilines is 1. The highest BCUT2D eigenvalue weighted by Gasteiger charge is 2.09. The molecule has 7 heteroatoms. The zero-order chi connectivity index (χ0) is 13.1. The molecule has 0 saturated heterocycles. The van der Waals surface area contributed by atoms with Crippen molar-refractivity contribution >= 4 is 31.5 Å². The lowest BCUT2D eigenvalue weighted by molar-refractivity contribution is 0.583. The van der Waals surface area contributed by atoms with Gasteiger partial charge in [0.05, 0.1) is 11.4 Å². The molecular formula is C10H12BrF2NO2S. The fourth-order valence-corrected chi connectivity index (χ4v) is 2.48. The summed E-state index contributed by atoms with van der Waals surface area (Å²) in [5.41, 5.74) is 0.139. The molecule has 0 atom stereocenters. The number of sulfone groups is 1. The van der Waals surface area contributed by atoms with Gasteiger partial charge in [-0.1, -0.05) is 0 Å². The van der Waals surface area contributed by atoms with Crippen LogP contribution in [0.3, 0.4) is 0 Å². The van der Waals surface area contributed by atoms with E-state index in [0.717, 1.165) is 18.4 Å². The first-order valence-corrected chi connectivity index (χ1v) is 7.71. The second-order valence-electron chi connectivity index (χ2n) is 3.65. The predicted molar refractivity (Wildman–Crippen MR) is 66.9 cm³/mol. The standard InChI is InChI=1S/C10H12BrF2NO2S/c1-17(15,16)4-2-3-14-10-8(11)5-7(12)6-9(10)13/h5-6,14H,2-4H2,1H3. The fraction of sp³-hybridized carbons (Fsp3) is 0.400. The van der Waals surface area contributed by atoms with Gasteiger partial charge < -0.3 is 5.32 Å². The molecule has 0 aromatic heterocycles. The van der Waals surface area contributed by atoms with Crippen LogP contribution in [0.25, 0.3) is 0 Å². The maximum atomic E-state index is 13.3. The molecule has 1 N–H and O–H groups in total. The van der Waals surface area contributed by atoms with Crippen LogP contribution in [-0.4, -0.2) is 27.0 Å². The third kappa shape index (κ3) is 4.99. The van der Waals surface area contributed by atoms with Crippen LogP contribution >= 0.6 is 15.9 Å². The zero-order valence-electron chi connectivity index (χ0n) is 9.13. The molecule has 96 valence electrons. The van der Waals surface area contributed by atoms with E-state index < -0.39 is 21.5 Å². The summed E-state index contributed by atoms with van der Waals surface area (Å²) < 4.78 is 48.1. The first-order valence-electron chi connectivity index (χ1n) is 4.86. The van der Waals surface area contributed by atoms with Gasteiger partial charge in [0.1, 0.15) is 21.5 Å². The first kappa shape index (κ1) is 14.4. The monoisotopic (exact) mass is 327 g/mol. The molecule has 0 aliphatic rings. The molecular weight excluding hydrogens is 316 g/mol. The van der Waals surface area contributed by atoms with Crippen molar-refractivity contribution in [1.29, 1.82) is 0 Å². The van der Waals surface area contributed by atoms with Gasteiger partial charge in [0.25, 0.3) is 0 Å². The number of rotatable bonds is 5. The molecule has 0 aliphatic heterocycles. The molecule has 0 radical (unpaired) electrons. The van der Waals surface area contributed by atoms with Crippen LogP contribution in [0.4, 0.5) is 14.5 Å². The smallest absolute Gasteiger partial charge is 0.150 e. The Balaban J connectivity index is 2.58. The van der Waals surface area contributed by atoms with E-state index in [2.05, 4.69) is 21.2 Å². The Morgan fingerprint density at radius 2 is 2.00 bits per heavy atom. The summed E-state index contributed by atoms with van der Waals surface area (Å²) in [5.74, 6) is -1.35. The molecule has 1 aromatic carbocycles. The fourth-order valence-electron chi connectivity index (χ4n) is 1.26.